The van der Waals surface area contributed by atoms with Crippen LogP contribution in [0.5, 0.6) is 0 Å². The maximum Gasteiger partial charge on any atom is 0.0856 e. The molecule has 0 aliphatic carbocycles. The molecule has 0 radical (unpaired) electrons. The molecule has 0 amide bonds. The average Bonchev–Trinajstić information content (AvgIpc) is 2.32. The summed E-state index contributed by atoms with van der Waals surface area (Å²) in [6.07, 6.45) is 1.83. The molecule has 0 aliphatic rings. The fourth-order valence-electron chi connectivity index (χ4n) is 1.67. The molecule has 88 valence electrons. The number of halogens is 1. The molecule has 1 atom stereocenters. The van der Waals surface area contributed by atoms with Crippen LogP contribution >= 0.6 is 15.9 Å². The van der Waals surface area contributed by atoms with Gasteiger partial charge in [0.25, 0.3) is 0 Å². The Balaban J connectivity index is 2.14. The minimum Gasteiger partial charge on any atom is -0.388 e. The molecule has 1 N–H and O–H groups in total. The highest BCUT2D eigenvalue weighted by Gasteiger charge is 2.11. The van der Waals surface area contributed by atoms with Gasteiger partial charge in [0.2, 0.25) is 0 Å². The first-order chi connectivity index (χ1) is 8.16. The lowest BCUT2D eigenvalue weighted by atomic mass is 10.0. The van der Waals surface area contributed by atoms with Crippen molar-refractivity contribution in [2.45, 2.75) is 19.4 Å². The summed E-state index contributed by atoms with van der Waals surface area (Å²) in [7, 11) is 0. The maximum absolute atomic E-state index is 10.2. The van der Waals surface area contributed by atoms with E-state index in [4.69, 9.17) is 0 Å². The van der Waals surface area contributed by atoms with Crippen molar-refractivity contribution in [1.29, 1.82) is 0 Å². The summed E-state index contributed by atoms with van der Waals surface area (Å²) in [5, 5.41) is 10.2. The Bertz CT molecular complexity index is 496. The van der Waals surface area contributed by atoms with Crippen molar-refractivity contribution in [3.8, 4) is 0 Å². The molecule has 1 aromatic carbocycles. The number of aryl methyl sites for hydroxylation is 1. The van der Waals surface area contributed by atoms with Gasteiger partial charge in [-0.05, 0) is 30.2 Å². The average molecular weight is 292 g/mol. The molecule has 0 aliphatic heterocycles. The molecule has 0 spiro atoms. The third kappa shape index (κ3) is 3.14. The van der Waals surface area contributed by atoms with Crippen molar-refractivity contribution >= 4 is 15.9 Å². The van der Waals surface area contributed by atoms with E-state index in [1.165, 1.54) is 0 Å². The number of benzene rings is 1. The van der Waals surface area contributed by atoms with Crippen LogP contribution in [0.3, 0.4) is 0 Å². The van der Waals surface area contributed by atoms with E-state index in [9.17, 15) is 5.11 Å². The Morgan fingerprint density at radius 3 is 2.65 bits per heavy atom. The summed E-state index contributed by atoms with van der Waals surface area (Å²) in [5.41, 5.74) is 2.93. The van der Waals surface area contributed by atoms with E-state index in [0.29, 0.717) is 6.42 Å². The summed E-state index contributed by atoms with van der Waals surface area (Å²) in [5.74, 6) is 0. The summed E-state index contributed by atoms with van der Waals surface area (Å²) in [6, 6.07) is 11.7. The van der Waals surface area contributed by atoms with Crippen LogP contribution in [0.2, 0.25) is 0 Å². The Hall–Kier alpha value is -1.19. The first-order valence-corrected chi connectivity index (χ1v) is 6.30. The summed E-state index contributed by atoms with van der Waals surface area (Å²) in [6.45, 7) is 2.00. The van der Waals surface area contributed by atoms with Crippen LogP contribution < -0.4 is 0 Å². The van der Waals surface area contributed by atoms with Gasteiger partial charge in [-0.1, -0.05) is 40.2 Å². The molecule has 2 rings (SSSR count). The van der Waals surface area contributed by atoms with Crippen LogP contribution in [0.15, 0.2) is 47.1 Å². The van der Waals surface area contributed by atoms with Gasteiger partial charge in [0.05, 0.1) is 6.10 Å². The molecule has 0 bridgehead atoms. The zero-order valence-electron chi connectivity index (χ0n) is 9.60. The van der Waals surface area contributed by atoms with Crippen molar-refractivity contribution in [3.05, 3.63) is 63.9 Å². The number of aliphatic hydroxyl groups excluding tert-OH is 1. The summed E-state index contributed by atoms with van der Waals surface area (Å²) >= 11 is 3.44. The number of hydrogen-bond acceptors (Lipinski definition) is 2. The van der Waals surface area contributed by atoms with Crippen LogP contribution in [0.25, 0.3) is 0 Å². The van der Waals surface area contributed by atoms with Gasteiger partial charge in [-0.15, -0.1) is 0 Å². The molecular weight excluding hydrogens is 278 g/mol. The van der Waals surface area contributed by atoms with Gasteiger partial charge in [0.1, 0.15) is 0 Å². The van der Waals surface area contributed by atoms with Gasteiger partial charge in [0, 0.05) is 22.8 Å². The van der Waals surface area contributed by atoms with Crippen LogP contribution in [0.4, 0.5) is 0 Å². The van der Waals surface area contributed by atoms with Crippen LogP contribution in [-0.4, -0.2) is 10.1 Å². The molecule has 0 saturated carbocycles. The Morgan fingerprint density at radius 1 is 1.24 bits per heavy atom. The van der Waals surface area contributed by atoms with Gasteiger partial charge < -0.3 is 5.11 Å². The SMILES string of the molecule is Cc1ccc(CC(O)c2ccccc2Br)nc1. The van der Waals surface area contributed by atoms with Crippen LogP contribution in [-0.2, 0) is 6.42 Å². The maximum atomic E-state index is 10.2. The third-order valence-corrected chi connectivity index (χ3v) is 3.36. The van der Waals surface area contributed by atoms with Crippen LogP contribution in [0, 0.1) is 6.92 Å². The highest BCUT2D eigenvalue weighted by atomic mass is 79.9. The number of nitrogens with zero attached hydrogens (tertiary/aromatic N) is 1. The number of aromatic nitrogens is 1. The van der Waals surface area contributed by atoms with Crippen molar-refractivity contribution in [2.24, 2.45) is 0 Å². The predicted molar refractivity (Wildman–Crippen MR) is 71.8 cm³/mol. The molecule has 1 aromatic heterocycles. The molecule has 2 aromatic rings. The van der Waals surface area contributed by atoms with Crippen molar-refractivity contribution in [2.75, 3.05) is 0 Å². The predicted octanol–water partition coefficient (Wildman–Crippen LogP) is 3.43. The molecule has 0 fully saturated rings. The normalized spacial score (nSPS) is 12.4. The minimum absolute atomic E-state index is 0.527. The lowest BCUT2D eigenvalue weighted by Gasteiger charge is -2.12. The highest BCUT2D eigenvalue weighted by molar-refractivity contribution is 9.10. The number of aliphatic hydroxyl groups is 1. The lowest BCUT2D eigenvalue weighted by molar-refractivity contribution is 0.176. The smallest absolute Gasteiger partial charge is 0.0856 e. The highest BCUT2D eigenvalue weighted by Crippen LogP contribution is 2.25. The standard InChI is InChI=1S/C14H14BrNO/c1-10-6-7-11(16-9-10)8-14(17)12-4-2-3-5-13(12)15/h2-7,9,14,17H,8H2,1H3. The lowest BCUT2D eigenvalue weighted by Crippen LogP contribution is -2.04. The molecule has 2 nitrogen and oxygen atoms in total. The van der Waals surface area contributed by atoms with E-state index in [1.54, 1.807) is 0 Å². The van der Waals surface area contributed by atoms with E-state index >= 15 is 0 Å². The van der Waals surface area contributed by atoms with Gasteiger partial charge in [-0.2, -0.15) is 0 Å². The number of hydrogen-bond donors (Lipinski definition) is 1. The largest absolute Gasteiger partial charge is 0.388 e. The van der Waals surface area contributed by atoms with E-state index in [-0.39, 0.29) is 0 Å². The minimum atomic E-state index is -0.527. The third-order valence-electron chi connectivity index (χ3n) is 2.64. The Kier molecular flexibility index (Phi) is 3.92. The molecule has 3 heteroatoms. The molecule has 1 unspecified atom stereocenters. The fraction of sp³-hybridized carbons (Fsp3) is 0.214. The molecule has 0 saturated heterocycles. The van der Waals surface area contributed by atoms with Crippen molar-refractivity contribution in [1.82, 2.24) is 4.98 Å². The van der Waals surface area contributed by atoms with E-state index in [1.807, 2.05) is 49.5 Å². The van der Waals surface area contributed by atoms with Gasteiger partial charge in [-0.25, -0.2) is 0 Å². The summed E-state index contributed by atoms with van der Waals surface area (Å²) in [4.78, 5) is 4.30. The first kappa shape index (κ1) is 12.3. The molecule has 17 heavy (non-hydrogen) atoms. The monoisotopic (exact) mass is 291 g/mol. The van der Waals surface area contributed by atoms with Crippen molar-refractivity contribution in [3.63, 3.8) is 0 Å². The number of rotatable bonds is 3. The van der Waals surface area contributed by atoms with Gasteiger partial charge in [0.15, 0.2) is 0 Å². The van der Waals surface area contributed by atoms with Crippen LogP contribution in [0.1, 0.15) is 22.9 Å². The Morgan fingerprint density at radius 2 is 2.00 bits per heavy atom. The second kappa shape index (κ2) is 5.43. The topological polar surface area (TPSA) is 33.1 Å². The second-order valence-electron chi connectivity index (χ2n) is 4.07. The van der Waals surface area contributed by atoms with Gasteiger partial charge >= 0.3 is 0 Å². The number of pyridine rings is 1. The summed E-state index contributed by atoms with van der Waals surface area (Å²) < 4.78 is 0.930. The zero-order chi connectivity index (χ0) is 12.3. The van der Waals surface area contributed by atoms with E-state index in [2.05, 4.69) is 20.9 Å². The van der Waals surface area contributed by atoms with E-state index in [0.717, 1.165) is 21.3 Å². The van der Waals surface area contributed by atoms with E-state index < -0.39 is 6.10 Å². The molecular formula is C14H14BrNO. The Labute approximate surface area is 109 Å². The first-order valence-electron chi connectivity index (χ1n) is 5.51. The second-order valence-corrected chi connectivity index (χ2v) is 4.92. The van der Waals surface area contributed by atoms with Gasteiger partial charge in [-0.3, -0.25) is 4.98 Å². The zero-order valence-corrected chi connectivity index (χ0v) is 11.2. The molecule has 1 heterocycles. The quantitative estimate of drug-likeness (QED) is 0.940. The van der Waals surface area contributed by atoms with Crippen molar-refractivity contribution < 1.29 is 5.11 Å². The fourth-order valence-corrected chi connectivity index (χ4v) is 2.22.